The van der Waals surface area contributed by atoms with Gasteiger partial charge in [-0.1, -0.05) is 66.7 Å². The molecule has 3 aromatic carbocycles. The van der Waals surface area contributed by atoms with Gasteiger partial charge in [-0.2, -0.15) is 0 Å². The summed E-state index contributed by atoms with van der Waals surface area (Å²) >= 11 is 0. The van der Waals surface area contributed by atoms with Gasteiger partial charge in [-0.05, 0) is 54.6 Å². The molecule has 0 spiro atoms. The van der Waals surface area contributed by atoms with Crippen molar-refractivity contribution in [3.05, 3.63) is 146 Å². The van der Waals surface area contributed by atoms with Crippen molar-refractivity contribution in [2.75, 3.05) is 0 Å². The van der Waals surface area contributed by atoms with E-state index in [0.717, 1.165) is 77.8 Å². The molecular formula is C38H24N6. The van der Waals surface area contributed by atoms with Gasteiger partial charge in [-0.3, -0.25) is 19.1 Å². The van der Waals surface area contributed by atoms with Gasteiger partial charge in [0.25, 0.3) is 0 Å². The van der Waals surface area contributed by atoms with Crippen LogP contribution in [0.3, 0.4) is 0 Å². The SMILES string of the molecule is c1cc(-c2cccc(-n3c4ccccc4c4cnccc43)n2)cc(-c2cccc(-n3c4ccccc4c4cnccc43)n2)c1. The number of fused-ring (bicyclic) bond motifs is 6. The first-order valence-electron chi connectivity index (χ1n) is 14.6. The Kier molecular flexibility index (Phi) is 5.40. The smallest absolute Gasteiger partial charge is 0.138 e. The van der Waals surface area contributed by atoms with E-state index < -0.39 is 0 Å². The van der Waals surface area contributed by atoms with Crippen LogP contribution in [0.4, 0.5) is 0 Å². The third-order valence-electron chi connectivity index (χ3n) is 8.33. The van der Waals surface area contributed by atoms with E-state index in [4.69, 9.17) is 9.97 Å². The van der Waals surface area contributed by atoms with E-state index in [2.05, 4.69) is 140 Å². The first-order valence-corrected chi connectivity index (χ1v) is 14.6. The van der Waals surface area contributed by atoms with Crippen molar-refractivity contribution >= 4 is 43.6 Å². The van der Waals surface area contributed by atoms with Crippen LogP contribution in [0.2, 0.25) is 0 Å². The normalized spacial score (nSPS) is 11.6. The highest BCUT2D eigenvalue weighted by atomic mass is 15.1. The third kappa shape index (κ3) is 3.75. The fraction of sp³-hybridized carbons (Fsp3) is 0. The minimum Gasteiger partial charge on any atom is -0.294 e. The number of pyridine rings is 4. The number of nitrogens with zero attached hydrogens (tertiary/aromatic N) is 6. The molecule has 0 aliphatic carbocycles. The van der Waals surface area contributed by atoms with Crippen molar-refractivity contribution in [3.8, 4) is 34.2 Å². The molecule has 9 rings (SSSR count). The monoisotopic (exact) mass is 564 g/mol. The van der Waals surface area contributed by atoms with Gasteiger partial charge in [0.15, 0.2) is 0 Å². The summed E-state index contributed by atoms with van der Waals surface area (Å²) in [6, 6.07) is 41.8. The van der Waals surface area contributed by atoms with E-state index in [9.17, 15) is 0 Å². The highest BCUT2D eigenvalue weighted by Gasteiger charge is 2.15. The maximum atomic E-state index is 5.16. The number of rotatable bonds is 4. The van der Waals surface area contributed by atoms with Gasteiger partial charge < -0.3 is 0 Å². The minimum absolute atomic E-state index is 0.867. The molecule has 0 atom stereocenters. The Labute approximate surface area is 252 Å². The Morgan fingerprint density at radius 1 is 0.386 bits per heavy atom. The van der Waals surface area contributed by atoms with Crippen LogP contribution >= 0.6 is 0 Å². The molecule has 0 saturated heterocycles. The third-order valence-corrected chi connectivity index (χ3v) is 8.33. The molecule has 6 heterocycles. The Balaban J connectivity index is 1.15. The average molecular weight is 565 g/mol. The second-order valence-electron chi connectivity index (χ2n) is 10.8. The zero-order valence-corrected chi connectivity index (χ0v) is 23.5. The van der Waals surface area contributed by atoms with Crippen molar-refractivity contribution in [1.82, 2.24) is 29.1 Å². The van der Waals surface area contributed by atoms with Gasteiger partial charge in [0.05, 0.1) is 33.5 Å². The molecule has 9 aromatic rings. The molecule has 0 bridgehead atoms. The van der Waals surface area contributed by atoms with Crippen molar-refractivity contribution in [1.29, 1.82) is 0 Å². The molecule has 0 fully saturated rings. The van der Waals surface area contributed by atoms with E-state index >= 15 is 0 Å². The van der Waals surface area contributed by atoms with Crippen molar-refractivity contribution in [3.63, 3.8) is 0 Å². The molecule has 0 radical (unpaired) electrons. The predicted molar refractivity (Wildman–Crippen MR) is 177 cm³/mol. The first kappa shape index (κ1) is 24.5. The highest BCUT2D eigenvalue weighted by Crippen LogP contribution is 2.33. The fourth-order valence-electron chi connectivity index (χ4n) is 6.38. The van der Waals surface area contributed by atoms with E-state index in [-0.39, 0.29) is 0 Å². The Hall–Kier alpha value is -6.14. The first-order chi connectivity index (χ1) is 21.8. The van der Waals surface area contributed by atoms with Gasteiger partial charge in [-0.15, -0.1) is 0 Å². The maximum Gasteiger partial charge on any atom is 0.138 e. The molecular weight excluding hydrogens is 540 g/mol. The van der Waals surface area contributed by atoms with Crippen LogP contribution in [0.1, 0.15) is 0 Å². The van der Waals surface area contributed by atoms with Gasteiger partial charge in [0.1, 0.15) is 11.6 Å². The molecule has 44 heavy (non-hydrogen) atoms. The summed E-state index contributed by atoms with van der Waals surface area (Å²) < 4.78 is 4.43. The number of aromatic nitrogens is 6. The van der Waals surface area contributed by atoms with Gasteiger partial charge in [0.2, 0.25) is 0 Å². The van der Waals surface area contributed by atoms with Crippen LogP contribution in [-0.2, 0) is 0 Å². The molecule has 6 aromatic heterocycles. The van der Waals surface area contributed by atoms with E-state index in [1.165, 1.54) is 0 Å². The molecule has 0 saturated carbocycles. The molecule has 206 valence electrons. The van der Waals surface area contributed by atoms with Crippen LogP contribution in [0.15, 0.2) is 146 Å². The summed E-state index contributed by atoms with van der Waals surface area (Å²) in [6.45, 7) is 0. The summed E-state index contributed by atoms with van der Waals surface area (Å²) in [5.41, 5.74) is 8.24. The zero-order valence-electron chi connectivity index (χ0n) is 23.5. The Morgan fingerprint density at radius 3 is 1.36 bits per heavy atom. The molecule has 6 nitrogen and oxygen atoms in total. The van der Waals surface area contributed by atoms with Crippen molar-refractivity contribution in [2.45, 2.75) is 0 Å². The second-order valence-corrected chi connectivity index (χ2v) is 10.8. The molecule has 0 N–H and O–H groups in total. The van der Waals surface area contributed by atoms with Crippen LogP contribution in [-0.4, -0.2) is 29.1 Å². The van der Waals surface area contributed by atoms with E-state index in [1.807, 2.05) is 24.8 Å². The summed E-state index contributed by atoms with van der Waals surface area (Å²) in [6.07, 6.45) is 7.53. The molecule has 6 heteroatoms. The van der Waals surface area contributed by atoms with Gasteiger partial charge in [-0.25, -0.2) is 9.97 Å². The standard InChI is InChI=1S/C38H24N6/c1-3-14-33-27(10-1)29-23-39-20-18-35(29)43(33)37-16-6-12-31(41-37)25-8-5-9-26(22-25)32-13-7-17-38(42-32)44-34-15-4-2-11-28(34)30-24-40-21-19-36(30)44/h1-24H. The van der Waals surface area contributed by atoms with Crippen molar-refractivity contribution < 1.29 is 0 Å². The maximum absolute atomic E-state index is 5.16. The highest BCUT2D eigenvalue weighted by molar-refractivity contribution is 6.09. The topological polar surface area (TPSA) is 61.4 Å². The largest absolute Gasteiger partial charge is 0.294 e. The van der Waals surface area contributed by atoms with E-state index in [0.29, 0.717) is 0 Å². The van der Waals surface area contributed by atoms with Crippen LogP contribution in [0, 0.1) is 0 Å². The number of hydrogen-bond acceptors (Lipinski definition) is 4. The molecule has 0 unspecified atom stereocenters. The fourth-order valence-corrected chi connectivity index (χ4v) is 6.38. The molecule has 0 amide bonds. The number of para-hydroxylation sites is 2. The lowest BCUT2D eigenvalue weighted by Gasteiger charge is -2.11. The summed E-state index contributed by atoms with van der Waals surface area (Å²) in [4.78, 5) is 19.1. The Morgan fingerprint density at radius 2 is 0.841 bits per heavy atom. The average Bonchev–Trinajstić information content (AvgIpc) is 3.62. The zero-order chi connectivity index (χ0) is 29.0. The number of hydrogen-bond donors (Lipinski definition) is 0. The van der Waals surface area contributed by atoms with Crippen LogP contribution in [0.5, 0.6) is 0 Å². The van der Waals surface area contributed by atoms with E-state index in [1.54, 1.807) is 0 Å². The summed E-state index contributed by atoms with van der Waals surface area (Å²) in [7, 11) is 0. The summed E-state index contributed by atoms with van der Waals surface area (Å²) in [5.74, 6) is 1.73. The number of benzene rings is 3. The van der Waals surface area contributed by atoms with Crippen molar-refractivity contribution in [2.24, 2.45) is 0 Å². The lowest BCUT2D eigenvalue weighted by Crippen LogP contribution is -1.99. The quantitative estimate of drug-likeness (QED) is 0.214. The minimum atomic E-state index is 0.867. The van der Waals surface area contributed by atoms with Gasteiger partial charge in [0, 0.05) is 57.5 Å². The second kappa shape index (κ2) is 9.71. The Bertz CT molecular complexity index is 2240. The van der Waals surface area contributed by atoms with Crippen LogP contribution in [0.25, 0.3) is 77.8 Å². The lowest BCUT2D eigenvalue weighted by atomic mass is 10.0. The predicted octanol–water partition coefficient (Wildman–Crippen LogP) is 8.79. The van der Waals surface area contributed by atoms with Crippen LogP contribution < -0.4 is 0 Å². The molecule has 0 aliphatic heterocycles. The van der Waals surface area contributed by atoms with Gasteiger partial charge >= 0.3 is 0 Å². The summed E-state index contributed by atoms with van der Waals surface area (Å²) in [5, 5.41) is 4.55. The molecule has 0 aliphatic rings. The lowest BCUT2D eigenvalue weighted by molar-refractivity contribution is 1.08.